The zero-order valence-electron chi connectivity index (χ0n) is 11.4. The summed E-state index contributed by atoms with van der Waals surface area (Å²) in [5.74, 6) is 1.64. The van der Waals surface area contributed by atoms with E-state index >= 15 is 0 Å². The molecule has 5 nitrogen and oxygen atoms in total. The van der Waals surface area contributed by atoms with Gasteiger partial charge in [-0.1, -0.05) is 29.8 Å². The highest BCUT2D eigenvalue weighted by atomic mass is 35.5. The van der Waals surface area contributed by atoms with Crippen molar-refractivity contribution >= 4 is 23.6 Å². The van der Waals surface area contributed by atoms with E-state index in [2.05, 4.69) is 20.1 Å². The van der Waals surface area contributed by atoms with E-state index in [0.29, 0.717) is 11.6 Å². The molecule has 1 aliphatic rings. The van der Waals surface area contributed by atoms with Crippen LogP contribution in [0.5, 0.6) is 0 Å². The van der Waals surface area contributed by atoms with Crippen LogP contribution in [0.2, 0.25) is 5.02 Å². The monoisotopic (exact) mass is 302 g/mol. The summed E-state index contributed by atoms with van der Waals surface area (Å²) in [6, 6.07) is 7.38. The number of hydrogen-bond donors (Lipinski definition) is 1. The fraction of sp³-hybridized carbons (Fsp3) is 0.267. The lowest BCUT2D eigenvalue weighted by Gasteiger charge is -2.03. The number of aryl methyl sites for hydroxylation is 1. The van der Waals surface area contributed by atoms with Crippen molar-refractivity contribution in [3.05, 3.63) is 52.6 Å². The molecule has 21 heavy (non-hydrogen) atoms. The third-order valence-corrected chi connectivity index (χ3v) is 3.77. The molecule has 1 amide bonds. The highest BCUT2D eigenvalue weighted by molar-refractivity contribution is 6.32. The van der Waals surface area contributed by atoms with E-state index in [-0.39, 0.29) is 5.91 Å². The number of carbonyl (C=O) groups excluding carboxylic acids is 1. The van der Waals surface area contributed by atoms with Crippen molar-refractivity contribution in [2.75, 3.05) is 0 Å². The smallest absolute Gasteiger partial charge is 0.244 e. The minimum absolute atomic E-state index is 0.176. The Morgan fingerprint density at radius 2 is 2.24 bits per heavy atom. The predicted octanol–water partition coefficient (Wildman–Crippen LogP) is 2.21. The van der Waals surface area contributed by atoms with Gasteiger partial charge < -0.3 is 9.88 Å². The molecule has 108 valence electrons. The van der Waals surface area contributed by atoms with Gasteiger partial charge in [-0.3, -0.25) is 4.79 Å². The van der Waals surface area contributed by atoms with Crippen LogP contribution in [0.4, 0.5) is 0 Å². The summed E-state index contributed by atoms with van der Waals surface area (Å²) in [4.78, 5) is 11.8. The fourth-order valence-electron chi connectivity index (χ4n) is 2.34. The molecule has 0 aliphatic carbocycles. The molecule has 1 aromatic heterocycles. The van der Waals surface area contributed by atoms with Gasteiger partial charge in [0.1, 0.15) is 5.82 Å². The number of hydrogen-bond acceptors (Lipinski definition) is 3. The Kier molecular flexibility index (Phi) is 4.01. The standard InChI is InChI=1S/C15H15ClN4O/c16-12-5-2-1-4-11(12)7-8-15(21)17-10-14-19-18-13-6-3-9-20(13)14/h1-2,4-5,7-8H,3,6,9-10H2,(H,17,21)/b8-7+. The lowest BCUT2D eigenvalue weighted by Crippen LogP contribution is -2.22. The molecular weight excluding hydrogens is 288 g/mol. The molecule has 0 fully saturated rings. The van der Waals surface area contributed by atoms with Gasteiger partial charge in [-0.15, -0.1) is 10.2 Å². The Morgan fingerprint density at radius 1 is 1.38 bits per heavy atom. The van der Waals surface area contributed by atoms with Crippen LogP contribution in [0.1, 0.15) is 23.6 Å². The van der Waals surface area contributed by atoms with Gasteiger partial charge >= 0.3 is 0 Å². The molecular formula is C15H15ClN4O. The molecule has 0 radical (unpaired) electrons. The highest BCUT2D eigenvalue weighted by Crippen LogP contribution is 2.16. The minimum atomic E-state index is -0.176. The summed E-state index contributed by atoms with van der Waals surface area (Å²) in [7, 11) is 0. The molecule has 1 aromatic carbocycles. The van der Waals surface area contributed by atoms with Gasteiger partial charge in [-0.25, -0.2) is 0 Å². The van der Waals surface area contributed by atoms with E-state index in [4.69, 9.17) is 11.6 Å². The van der Waals surface area contributed by atoms with Crippen LogP contribution in [0.3, 0.4) is 0 Å². The Morgan fingerprint density at radius 3 is 3.10 bits per heavy atom. The lowest BCUT2D eigenvalue weighted by molar-refractivity contribution is -0.116. The van der Waals surface area contributed by atoms with Gasteiger partial charge in [0.25, 0.3) is 0 Å². The molecule has 0 saturated carbocycles. The number of amides is 1. The predicted molar refractivity (Wildman–Crippen MR) is 80.7 cm³/mol. The largest absolute Gasteiger partial charge is 0.345 e. The van der Waals surface area contributed by atoms with Crippen molar-refractivity contribution in [3.8, 4) is 0 Å². The Hall–Kier alpha value is -2.14. The van der Waals surface area contributed by atoms with Crippen LogP contribution >= 0.6 is 11.6 Å². The van der Waals surface area contributed by atoms with E-state index in [1.165, 1.54) is 6.08 Å². The molecule has 0 atom stereocenters. The van der Waals surface area contributed by atoms with Crippen molar-refractivity contribution < 1.29 is 4.79 Å². The second-order valence-electron chi connectivity index (χ2n) is 4.86. The van der Waals surface area contributed by atoms with Gasteiger partial charge in [0, 0.05) is 24.1 Å². The van der Waals surface area contributed by atoms with E-state index in [1.807, 2.05) is 18.2 Å². The zero-order valence-corrected chi connectivity index (χ0v) is 12.2. The van der Waals surface area contributed by atoms with Crippen LogP contribution in [0, 0.1) is 0 Å². The van der Waals surface area contributed by atoms with Crippen LogP contribution in [0.25, 0.3) is 6.08 Å². The summed E-state index contributed by atoms with van der Waals surface area (Å²) in [6.07, 6.45) is 5.24. The van der Waals surface area contributed by atoms with Crippen molar-refractivity contribution in [2.24, 2.45) is 0 Å². The summed E-state index contributed by atoms with van der Waals surface area (Å²) in [5.41, 5.74) is 0.817. The van der Waals surface area contributed by atoms with Crippen molar-refractivity contribution in [1.82, 2.24) is 20.1 Å². The van der Waals surface area contributed by atoms with E-state index in [1.54, 1.807) is 12.1 Å². The zero-order chi connectivity index (χ0) is 14.7. The maximum absolute atomic E-state index is 11.8. The Bertz CT molecular complexity index is 693. The normalized spacial score (nSPS) is 13.6. The Labute approximate surface area is 127 Å². The minimum Gasteiger partial charge on any atom is -0.345 e. The summed E-state index contributed by atoms with van der Waals surface area (Å²) in [5, 5.41) is 11.6. The second kappa shape index (κ2) is 6.10. The molecule has 2 aromatic rings. The SMILES string of the molecule is O=C(/C=C/c1ccccc1Cl)NCc1nnc2n1CCC2. The summed E-state index contributed by atoms with van der Waals surface area (Å²) in [6.45, 7) is 1.32. The van der Waals surface area contributed by atoms with Gasteiger partial charge in [-0.2, -0.15) is 0 Å². The van der Waals surface area contributed by atoms with Gasteiger partial charge in [-0.05, 0) is 24.1 Å². The van der Waals surface area contributed by atoms with E-state index < -0.39 is 0 Å². The number of aromatic nitrogens is 3. The van der Waals surface area contributed by atoms with Crippen LogP contribution in [-0.4, -0.2) is 20.7 Å². The van der Waals surface area contributed by atoms with E-state index in [0.717, 1.165) is 36.6 Å². The quantitative estimate of drug-likeness (QED) is 0.881. The second-order valence-corrected chi connectivity index (χ2v) is 5.27. The van der Waals surface area contributed by atoms with Crippen LogP contribution in [0.15, 0.2) is 30.3 Å². The number of carbonyl (C=O) groups is 1. The van der Waals surface area contributed by atoms with Gasteiger partial charge in [0.2, 0.25) is 5.91 Å². The first-order valence-corrected chi connectivity index (χ1v) is 7.23. The topological polar surface area (TPSA) is 59.8 Å². The van der Waals surface area contributed by atoms with Gasteiger partial charge in [0.15, 0.2) is 5.82 Å². The average molecular weight is 303 g/mol. The molecule has 0 spiro atoms. The third-order valence-electron chi connectivity index (χ3n) is 3.43. The molecule has 0 bridgehead atoms. The van der Waals surface area contributed by atoms with Crippen LogP contribution < -0.4 is 5.32 Å². The highest BCUT2D eigenvalue weighted by Gasteiger charge is 2.16. The molecule has 2 heterocycles. The van der Waals surface area contributed by atoms with E-state index in [9.17, 15) is 4.79 Å². The van der Waals surface area contributed by atoms with Crippen molar-refractivity contribution in [1.29, 1.82) is 0 Å². The molecule has 1 aliphatic heterocycles. The first-order valence-electron chi connectivity index (χ1n) is 6.85. The first kappa shape index (κ1) is 13.8. The summed E-state index contributed by atoms with van der Waals surface area (Å²) < 4.78 is 2.07. The lowest BCUT2D eigenvalue weighted by atomic mass is 10.2. The summed E-state index contributed by atoms with van der Waals surface area (Å²) >= 11 is 6.03. The third kappa shape index (κ3) is 3.13. The molecule has 3 rings (SSSR count). The first-order chi connectivity index (χ1) is 10.2. The fourth-order valence-corrected chi connectivity index (χ4v) is 2.54. The van der Waals surface area contributed by atoms with Crippen LogP contribution in [-0.2, 0) is 24.3 Å². The number of nitrogens with zero attached hydrogens (tertiary/aromatic N) is 3. The van der Waals surface area contributed by atoms with Gasteiger partial charge in [0.05, 0.1) is 6.54 Å². The molecule has 6 heteroatoms. The number of nitrogens with one attached hydrogen (secondary N) is 1. The number of rotatable bonds is 4. The Balaban J connectivity index is 1.58. The molecule has 0 unspecified atom stereocenters. The maximum Gasteiger partial charge on any atom is 0.244 e. The number of halogens is 1. The van der Waals surface area contributed by atoms with Crippen molar-refractivity contribution in [3.63, 3.8) is 0 Å². The number of fused-ring (bicyclic) bond motifs is 1. The number of benzene rings is 1. The maximum atomic E-state index is 11.8. The van der Waals surface area contributed by atoms with Crippen molar-refractivity contribution in [2.45, 2.75) is 25.9 Å². The average Bonchev–Trinajstić information content (AvgIpc) is 3.08. The molecule has 1 N–H and O–H groups in total. The molecule has 0 saturated heterocycles.